The lowest BCUT2D eigenvalue weighted by Crippen LogP contribution is -3.15. The highest BCUT2D eigenvalue weighted by Crippen LogP contribution is 2.18. The molecule has 0 bridgehead atoms. The first-order chi connectivity index (χ1) is 9.66. The Labute approximate surface area is 119 Å². The number of ketones is 1. The number of nitrogens with one attached hydrogen (secondary N) is 1. The molecule has 2 N–H and O–H groups in total. The van der Waals surface area contributed by atoms with Gasteiger partial charge in [0.15, 0.2) is 5.78 Å². The molecule has 0 radical (unpaired) electrons. The van der Waals surface area contributed by atoms with Gasteiger partial charge in [0.1, 0.15) is 38.1 Å². The smallest absolute Gasteiger partial charge is 0.163 e. The summed E-state index contributed by atoms with van der Waals surface area (Å²) in [6.07, 6.45) is -0.539. The van der Waals surface area contributed by atoms with Crippen LogP contribution in [0.4, 0.5) is 0 Å². The minimum atomic E-state index is -0.539. The number of Topliss-reactive ketones (excluding diaryl/α,β-unsaturated/α-hetero) is 1. The highest BCUT2D eigenvalue weighted by molar-refractivity contribution is 5.96. The Morgan fingerprint density at radius 1 is 1.40 bits per heavy atom. The van der Waals surface area contributed by atoms with E-state index in [9.17, 15) is 9.90 Å². The van der Waals surface area contributed by atoms with Gasteiger partial charge in [0.2, 0.25) is 0 Å². The lowest BCUT2D eigenvalue weighted by molar-refractivity contribution is -0.911. The molecule has 1 heterocycles. The first-order valence-corrected chi connectivity index (χ1v) is 6.99. The summed E-state index contributed by atoms with van der Waals surface area (Å²) in [5.74, 6) is 0.505. The van der Waals surface area contributed by atoms with Gasteiger partial charge in [-0.25, -0.2) is 0 Å². The van der Waals surface area contributed by atoms with Crippen molar-refractivity contribution in [2.75, 3.05) is 39.5 Å². The molecule has 0 aromatic heterocycles. The number of quaternary nitrogens is 1. The third-order valence-corrected chi connectivity index (χ3v) is 3.42. The first-order valence-electron chi connectivity index (χ1n) is 6.99. The SMILES string of the molecule is CC(=O)c1ccccc1OC[C@@H](O)C[NH+]1CCOCC1. The normalized spacial score (nSPS) is 17.7. The minimum absolute atomic E-state index is 0.0334. The zero-order valence-corrected chi connectivity index (χ0v) is 11.8. The Hall–Kier alpha value is -1.43. The van der Waals surface area contributed by atoms with Gasteiger partial charge in [-0.1, -0.05) is 12.1 Å². The van der Waals surface area contributed by atoms with E-state index in [1.807, 2.05) is 6.07 Å². The van der Waals surface area contributed by atoms with Gasteiger partial charge < -0.3 is 19.5 Å². The molecule has 0 saturated carbocycles. The van der Waals surface area contributed by atoms with Crippen LogP contribution < -0.4 is 9.64 Å². The molecule has 2 rings (SSSR count). The van der Waals surface area contributed by atoms with Crippen LogP contribution in [0.3, 0.4) is 0 Å². The summed E-state index contributed by atoms with van der Waals surface area (Å²) in [7, 11) is 0. The lowest BCUT2D eigenvalue weighted by Gasteiger charge is -2.25. The summed E-state index contributed by atoms with van der Waals surface area (Å²) >= 11 is 0. The predicted molar refractivity (Wildman–Crippen MR) is 74.3 cm³/mol. The van der Waals surface area contributed by atoms with Crippen LogP contribution in [0.5, 0.6) is 5.75 Å². The number of benzene rings is 1. The quantitative estimate of drug-likeness (QED) is 0.693. The van der Waals surface area contributed by atoms with E-state index in [-0.39, 0.29) is 12.4 Å². The molecule has 5 heteroatoms. The van der Waals surface area contributed by atoms with Gasteiger partial charge in [0, 0.05) is 0 Å². The monoisotopic (exact) mass is 280 g/mol. The number of rotatable bonds is 6. The van der Waals surface area contributed by atoms with Crippen molar-refractivity contribution in [3.63, 3.8) is 0 Å². The molecular weight excluding hydrogens is 258 g/mol. The maximum Gasteiger partial charge on any atom is 0.163 e. The average molecular weight is 280 g/mol. The van der Waals surface area contributed by atoms with Crippen LogP contribution in [0.15, 0.2) is 24.3 Å². The number of ether oxygens (including phenoxy) is 2. The van der Waals surface area contributed by atoms with Crippen LogP contribution in [0.1, 0.15) is 17.3 Å². The molecule has 1 aliphatic heterocycles. The summed E-state index contributed by atoms with van der Waals surface area (Å²) in [6.45, 7) is 5.69. The van der Waals surface area contributed by atoms with E-state index in [1.54, 1.807) is 18.2 Å². The fraction of sp³-hybridized carbons (Fsp3) is 0.533. The molecule has 0 unspecified atom stereocenters. The van der Waals surface area contributed by atoms with Crippen molar-refractivity contribution in [2.24, 2.45) is 0 Å². The predicted octanol–water partition coefficient (Wildman–Crippen LogP) is -0.456. The number of hydrogen-bond acceptors (Lipinski definition) is 4. The molecule has 1 aromatic rings. The van der Waals surface area contributed by atoms with Gasteiger partial charge in [-0.3, -0.25) is 4.79 Å². The summed E-state index contributed by atoms with van der Waals surface area (Å²) < 4.78 is 10.9. The van der Waals surface area contributed by atoms with E-state index in [0.29, 0.717) is 17.9 Å². The van der Waals surface area contributed by atoms with E-state index >= 15 is 0 Å². The maximum atomic E-state index is 11.5. The van der Waals surface area contributed by atoms with E-state index in [0.717, 1.165) is 26.3 Å². The Kier molecular flexibility index (Phi) is 5.52. The van der Waals surface area contributed by atoms with Crippen molar-refractivity contribution in [2.45, 2.75) is 13.0 Å². The highest BCUT2D eigenvalue weighted by Gasteiger charge is 2.19. The number of carbonyl (C=O) groups excluding carboxylic acids is 1. The van der Waals surface area contributed by atoms with Crippen molar-refractivity contribution >= 4 is 5.78 Å². The third-order valence-electron chi connectivity index (χ3n) is 3.42. The maximum absolute atomic E-state index is 11.5. The van der Waals surface area contributed by atoms with Crippen LogP contribution in [-0.4, -0.2) is 56.4 Å². The number of para-hydroxylation sites is 1. The number of morpholine rings is 1. The molecule has 1 aliphatic rings. The van der Waals surface area contributed by atoms with Crippen LogP contribution in [-0.2, 0) is 4.74 Å². The van der Waals surface area contributed by atoms with Gasteiger partial charge in [-0.15, -0.1) is 0 Å². The number of hydrogen-bond donors (Lipinski definition) is 2. The molecule has 1 aromatic carbocycles. The molecule has 20 heavy (non-hydrogen) atoms. The van der Waals surface area contributed by atoms with Crippen molar-refractivity contribution in [3.8, 4) is 5.75 Å². The van der Waals surface area contributed by atoms with E-state index < -0.39 is 6.10 Å². The molecule has 1 saturated heterocycles. The molecule has 0 spiro atoms. The van der Waals surface area contributed by atoms with E-state index in [1.165, 1.54) is 11.8 Å². The van der Waals surface area contributed by atoms with Crippen LogP contribution in [0.2, 0.25) is 0 Å². The molecule has 1 atom stereocenters. The zero-order chi connectivity index (χ0) is 14.4. The zero-order valence-electron chi connectivity index (χ0n) is 11.8. The van der Waals surface area contributed by atoms with E-state index in [4.69, 9.17) is 9.47 Å². The molecular formula is C15H22NO4+. The summed E-state index contributed by atoms with van der Waals surface area (Å²) in [5.41, 5.74) is 0.554. The number of aliphatic hydroxyl groups excluding tert-OH is 1. The highest BCUT2D eigenvalue weighted by atomic mass is 16.5. The second-order valence-electron chi connectivity index (χ2n) is 5.08. The van der Waals surface area contributed by atoms with Gasteiger partial charge >= 0.3 is 0 Å². The number of aliphatic hydroxyl groups is 1. The molecule has 110 valence electrons. The molecule has 5 nitrogen and oxygen atoms in total. The third kappa shape index (κ3) is 4.30. The lowest BCUT2D eigenvalue weighted by atomic mass is 10.1. The Morgan fingerprint density at radius 2 is 2.10 bits per heavy atom. The summed E-state index contributed by atoms with van der Waals surface area (Å²) in [6, 6.07) is 7.11. The molecule has 0 amide bonds. The molecule has 1 fully saturated rings. The average Bonchev–Trinajstić information content (AvgIpc) is 2.46. The first kappa shape index (κ1) is 15.0. The minimum Gasteiger partial charge on any atom is -0.490 e. The van der Waals surface area contributed by atoms with Crippen LogP contribution >= 0.6 is 0 Å². The summed E-state index contributed by atoms with van der Waals surface area (Å²) in [5, 5.41) is 10.0. The van der Waals surface area contributed by atoms with Gasteiger partial charge in [-0.05, 0) is 19.1 Å². The Balaban J connectivity index is 1.83. The van der Waals surface area contributed by atoms with Crippen molar-refractivity contribution in [1.29, 1.82) is 0 Å². The van der Waals surface area contributed by atoms with E-state index in [2.05, 4.69) is 0 Å². The van der Waals surface area contributed by atoms with Crippen LogP contribution in [0, 0.1) is 0 Å². The van der Waals surface area contributed by atoms with Gasteiger partial charge in [-0.2, -0.15) is 0 Å². The number of carbonyl (C=O) groups is 1. The van der Waals surface area contributed by atoms with Gasteiger partial charge in [0.05, 0.1) is 18.8 Å². The van der Waals surface area contributed by atoms with Gasteiger partial charge in [0.25, 0.3) is 0 Å². The summed E-state index contributed by atoms with van der Waals surface area (Å²) in [4.78, 5) is 12.8. The fourth-order valence-corrected chi connectivity index (χ4v) is 2.33. The topological polar surface area (TPSA) is 60.2 Å². The second kappa shape index (κ2) is 7.38. The van der Waals surface area contributed by atoms with Crippen molar-refractivity contribution in [1.82, 2.24) is 0 Å². The fourth-order valence-electron chi connectivity index (χ4n) is 2.33. The second-order valence-corrected chi connectivity index (χ2v) is 5.08. The standard InChI is InChI=1S/C15H21NO4/c1-12(17)14-4-2-3-5-15(14)20-11-13(18)10-16-6-8-19-9-7-16/h2-5,13,18H,6-11H2,1H3/p+1/t13-/m0/s1. The van der Waals surface area contributed by atoms with Crippen molar-refractivity contribution < 1.29 is 24.3 Å². The van der Waals surface area contributed by atoms with Crippen molar-refractivity contribution in [3.05, 3.63) is 29.8 Å². The Morgan fingerprint density at radius 3 is 2.80 bits per heavy atom. The van der Waals surface area contributed by atoms with Crippen LogP contribution in [0.25, 0.3) is 0 Å². The Bertz CT molecular complexity index is 443. The largest absolute Gasteiger partial charge is 0.490 e. The molecule has 0 aliphatic carbocycles.